The van der Waals surface area contributed by atoms with Crippen molar-refractivity contribution >= 4 is 22.6 Å². The molecule has 1 aromatic heterocycles. The summed E-state index contributed by atoms with van der Waals surface area (Å²) in [6, 6.07) is 7.93. The number of rotatable bonds is 2. The van der Waals surface area contributed by atoms with Crippen LogP contribution in [0.1, 0.15) is 17.0 Å². The van der Waals surface area contributed by atoms with Crippen molar-refractivity contribution < 1.29 is 8.78 Å². The fourth-order valence-electron chi connectivity index (χ4n) is 2.45. The Morgan fingerprint density at radius 3 is 2.62 bits per heavy atom. The van der Waals surface area contributed by atoms with Crippen LogP contribution in [-0.2, 0) is 5.88 Å². The Bertz CT molecular complexity index is 840. The van der Waals surface area contributed by atoms with Gasteiger partial charge in [-0.15, -0.1) is 11.6 Å². The van der Waals surface area contributed by atoms with Crippen LogP contribution >= 0.6 is 11.6 Å². The van der Waals surface area contributed by atoms with Crippen LogP contribution in [0.4, 0.5) is 8.78 Å². The van der Waals surface area contributed by atoms with E-state index in [4.69, 9.17) is 11.6 Å². The Labute approximate surface area is 126 Å². The van der Waals surface area contributed by atoms with Crippen LogP contribution in [0.25, 0.3) is 16.7 Å². The number of hydrogen-bond donors (Lipinski definition) is 0. The van der Waals surface area contributed by atoms with Crippen LogP contribution in [-0.4, -0.2) is 9.55 Å². The highest BCUT2D eigenvalue weighted by Crippen LogP contribution is 2.27. The van der Waals surface area contributed by atoms with Gasteiger partial charge < -0.3 is 0 Å². The molecule has 0 fully saturated rings. The predicted octanol–water partition coefficient (Wildman–Crippen LogP) is 4.66. The molecular weight excluding hydrogens is 294 g/mol. The standard InChI is InChI=1S/C16H13ClF2N2/c1-9-6-15-13(7-12(9)19)20-16(8-17)21(15)14-5-3-4-11(18)10(14)2/h3-7H,8H2,1-2H3. The van der Waals surface area contributed by atoms with E-state index in [2.05, 4.69) is 4.98 Å². The summed E-state index contributed by atoms with van der Waals surface area (Å²) in [7, 11) is 0. The molecule has 108 valence electrons. The lowest BCUT2D eigenvalue weighted by atomic mass is 10.1. The van der Waals surface area contributed by atoms with Crippen molar-refractivity contribution in [3.05, 3.63) is 58.9 Å². The number of aromatic nitrogens is 2. The van der Waals surface area contributed by atoms with Crippen LogP contribution in [0.3, 0.4) is 0 Å². The fraction of sp³-hybridized carbons (Fsp3) is 0.188. The molecule has 2 aromatic carbocycles. The lowest BCUT2D eigenvalue weighted by Gasteiger charge is -2.12. The highest BCUT2D eigenvalue weighted by molar-refractivity contribution is 6.17. The Hall–Kier alpha value is -1.94. The molecule has 5 heteroatoms. The zero-order valence-corrected chi connectivity index (χ0v) is 12.4. The lowest BCUT2D eigenvalue weighted by molar-refractivity contribution is 0.616. The number of alkyl halides is 1. The molecule has 3 rings (SSSR count). The van der Waals surface area contributed by atoms with Gasteiger partial charge in [-0.3, -0.25) is 4.57 Å². The predicted molar refractivity (Wildman–Crippen MR) is 80.0 cm³/mol. The highest BCUT2D eigenvalue weighted by atomic mass is 35.5. The maximum Gasteiger partial charge on any atom is 0.129 e. The zero-order valence-electron chi connectivity index (χ0n) is 11.6. The largest absolute Gasteiger partial charge is 0.295 e. The molecule has 0 atom stereocenters. The van der Waals surface area contributed by atoms with Crippen LogP contribution in [0, 0.1) is 25.5 Å². The van der Waals surface area contributed by atoms with E-state index in [1.54, 1.807) is 36.6 Å². The maximum absolute atomic E-state index is 13.8. The van der Waals surface area contributed by atoms with E-state index in [1.807, 2.05) is 0 Å². The Kier molecular flexibility index (Phi) is 3.41. The van der Waals surface area contributed by atoms with Gasteiger partial charge in [0.05, 0.1) is 22.6 Å². The minimum atomic E-state index is -0.316. The first-order chi connectivity index (χ1) is 10.0. The summed E-state index contributed by atoms with van der Waals surface area (Å²) in [6.45, 7) is 3.38. The molecule has 0 unspecified atom stereocenters. The minimum absolute atomic E-state index is 0.158. The van der Waals surface area contributed by atoms with Gasteiger partial charge in [-0.1, -0.05) is 6.07 Å². The third-order valence-corrected chi connectivity index (χ3v) is 3.84. The molecule has 0 spiro atoms. The van der Waals surface area contributed by atoms with Gasteiger partial charge in [0.25, 0.3) is 0 Å². The van der Waals surface area contributed by atoms with E-state index in [-0.39, 0.29) is 17.5 Å². The van der Waals surface area contributed by atoms with Crippen LogP contribution in [0.15, 0.2) is 30.3 Å². The monoisotopic (exact) mass is 306 g/mol. The summed E-state index contributed by atoms with van der Waals surface area (Å²) in [5.41, 5.74) is 2.92. The second-order valence-corrected chi connectivity index (χ2v) is 5.24. The summed E-state index contributed by atoms with van der Waals surface area (Å²) < 4.78 is 29.3. The normalized spacial score (nSPS) is 11.3. The maximum atomic E-state index is 13.8. The van der Waals surface area contributed by atoms with Crippen LogP contribution in [0.5, 0.6) is 0 Å². The van der Waals surface area contributed by atoms with E-state index >= 15 is 0 Å². The Balaban J connectivity index is 2.40. The van der Waals surface area contributed by atoms with Gasteiger partial charge in [0.1, 0.15) is 17.5 Å². The molecule has 0 aliphatic carbocycles. The molecule has 0 bridgehead atoms. The third-order valence-electron chi connectivity index (χ3n) is 3.60. The van der Waals surface area contributed by atoms with Crippen molar-refractivity contribution in [3.63, 3.8) is 0 Å². The first-order valence-corrected chi connectivity index (χ1v) is 7.05. The fourth-order valence-corrected chi connectivity index (χ4v) is 2.63. The van der Waals surface area contributed by atoms with Gasteiger partial charge in [0.15, 0.2) is 0 Å². The summed E-state index contributed by atoms with van der Waals surface area (Å²) in [6.07, 6.45) is 0. The zero-order chi connectivity index (χ0) is 15.1. The van der Waals surface area contributed by atoms with Crippen molar-refractivity contribution in [1.29, 1.82) is 0 Å². The van der Waals surface area contributed by atoms with Crippen molar-refractivity contribution in [1.82, 2.24) is 9.55 Å². The quantitative estimate of drug-likeness (QED) is 0.630. The van der Waals surface area contributed by atoms with Gasteiger partial charge >= 0.3 is 0 Å². The van der Waals surface area contributed by atoms with Crippen molar-refractivity contribution in [3.8, 4) is 5.69 Å². The molecule has 3 aromatic rings. The average Bonchev–Trinajstić information content (AvgIpc) is 2.80. The minimum Gasteiger partial charge on any atom is -0.295 e. The van der Waals surface area contributed by atoms with Crippen LogP contribution in [0.2, 0.25) is 0 Å². The number of fused-ring (bicyclic) bond motifs is 1. The Morgan fingerprint density at radius 1 is 1.14 bits per heavy atom. The molecule has 0 amide bonds. The molecule has 0 N–H and O–H groups in total. The molecule has 2 nitrogen and oxygen atoms in total. The summed E-state index contributed by atoms with van der Waals surface area (Å²) >= 11 is 5.95. The highest BCUT2D eigenvalue weighted by Gasteiger charge is 2.16. The first-order valence-electron chi connectivity index (χ1n) is 6.52. The first kappa shape index (κ1) is 14.0. The molecule has 0 aliphatic rings. The van der Waals surface area contributed by atoms with Gasteiger partial charge in [-0.25, -0.2) is 13.8 Å². The molecule has 0 saturated heterocycles. The smallest absolute Gasteiger partial charge is 0.129 e. The molecule has 0 aliphatic heterocycles. The van der Waals surface area contributed by atoms with Gasteiger partial charge in [0, 0.05) is 11.6 Å². The number of nitrogens with zero attached hydrogens (tertiary/aromatic N) is 2. The van der Waals surface area contributed by atoms with Crippen LogP contribution < -0.4 is 0 Å². The topological polar surface area (TPSA) is 17.8 Å². The van der Waals surface area contributed by atoms with Gasteiger partial charge in [-0.05, 0) is 37.6 Å². The Morgan fingerprint density at radius 2 is 1.90 bits per heavy atom. The van der Waals surface area contributed by atoms with E-state index in [9.17, 15) is 8.78 Å². The number of halogens is 3. The number of aryl methyl sites for hydroxylation is 1. The molecule has 0 saturated carbocycles. The molecule has 1 heterocycles. The summed E-state index contributed by atoms with van der Waals surface area (Å²) in [5.74, 6) is 0.106. The third kappa shape index (κ3) is 2.20. The lowest BCUT2D eigenvalue weighted by Crippen LogP contribution is -2.03. The molecule has 21 heavy (non-hydrogen) atoms. The van der Waals surface area contributed by atoms with E-state index < -0.39 is 0 Å². The SMILES string of the molecule is Cc1cc2c(cc1F)nc(CCl)n2-c1cccc(F)c1C. The average molecular weight is 307 g/mol. The number of hydrogen-bond acceptors (Lipinski definition) is 1. The van der Waals surface area contributed by atoms with E-state index in [0.29, 0.717) is 28.2 Å². The number of benzene rings is 2. The summed E-state index contributed by atoms with van der Waals surface area (Å²) in [5, 5.41) is 0. The van der Waals surface area contributed by atoms with Gasteiger partial charge in [-0.2, -0.15) is 0 Å². The second-order valence-electron chi connectivity index (χ2n) is 4.97. The summed E-state index contributed by atoms with van der Waals surface area (Å²) in [4.78, 5) is 4.35. The molecule has 0 radical (unpaired) electrons. The van der Waals surface area contributed by atoms with Crippen molar-refractivity contribution in [2.24, 2.45) is 0 Å². The molecular formula is C16H13ClF2N2. The van der Waals surface area contributed by atoms with Crippen molar-refractivity contribution in [2.45, 2.75) is 19.7 Å². The van der Waals surface area contributed by atoms with E-state index in [0.717, 1.165) is 5.52 Å². The van der Waals surface area contributed by atoms with Crippen molar-refractivity contribution in [2.75, 3.05) is 0 Å². The van der Waals surface area contributed by atoms with E-state index in [1.165, 1.54) is 12.1 Å². The second kappa shape index (κ2) is 5.11. The number of imidazole rings is 1. The van der Waals surface area contributed by atoms with Gasteiger partial charge in [0.2, 0.25) is 0 Å².